The number of methoxy groups -OCH3 is 3. The Morgan fingerprint density at radius 1 is 1.03 bits per heavy atom. The normalized spacial score (nSPS) is 11.7. The minimum atomic E-state index is 0.535. The highest BCUT2D eigenvalue weighted by Gasteiger charge is 2.14. The Bertz CT molecular complexity index is 1110. The van der Waals surface area contributed by atoms with Gasteiger partial charge in [0.2, 0.25) is 4.80 Å². The summed E-state index contributed by atoms with van der Waals surface area (Å²) in [5.74, 6) is 2.27. The fourth-order valence-corrected chi connectivity index (χ4v) is 3.56. The lowest BCUT2D eigenvalue weighted by atomic mass is 10.1. The molecule has 0 spiro atoms. The molecule has 0 saturated carbocycles. The second kappa shape index (κ2) is 9.93. The number of hydrogen-bond donors (Lipinski definition) is 0. The molecule has 3 rings (SSSR count). The van der Waals surface area contributed by atoms with Crippen molar-refractivity contribution in [1.29, 1.82) is 0 Å². The Kier molecular flexibility index (Phi) is 7.08. The largest absolute Gasteiger partial charge is 0.497 e. The third kappa shape index (κ3) is 4.99. The minimum absolute atomic E-state index is 0.535. The van der Waals surface area contributed by atoms with Crippen molar-refractivity contribution < 1.29 is 14.2 Å². The highest BCUT2D eigenvalue weighted by molar-refractivity contribution is 7.07. The predicted molar refractivity (Wildman–Crippen MR) is 122 cm³/mol. The lowest BCUT2D eigenvalue weighted by Gasteiger charge is -2.11. The van der Waals surface area contributed by atoms with E-state index in [1.54, 1.807) is 27.5 Å². The zero-order valence-electron chi connectivity index (χ0n) is 17.6. The van der Waals surface area contributed by atoms with E-state index in [1.165, 1.54) is 11.3 Å². The number of hydrogen-bond acceptors (Lipinski definition) is 6. The summed E-state index contributed by atoms with van der Waals surface area (Å²) in [4.78, 5) is 5.43. The third-order valence-electron chi connectivity index (χ3n) is 4.29. The van der Waals surface area contributed by atoms with E-state index in [0.717, 1.165) is 44.4 Å². The average molecular weight is 424 g/mol. The number of rotatable bonds is 8. The maximum atomic E-state index is 5.58. The molecule has 0 aliphatic rings. The summed E-state index contributed by atoms with van der Waals surface area (Å²) in [6.45, 7) is 6.43. The fraction of sp³-hybridized carbons (Fsp3) is 0.217. The highest BCUT2D eigenvalue weighted by Crippen LogP contribution is 2.33. The number of aromatic nitrogens is 1. The van der Waals surface area contributed by atoms with Crippen LogP contribution in [0.3, 0.4) is 0 Å². The van der Waals surface area contributed by atoms with Crippen molar-refractivity contribution in [3.05, 3.63) is 70.4 Å². The van der Waals surface area contributed by atoms with Crippen LogP contribution >= 0.6 is 11.3 Å². The van der Waals surface area contributed by atoms with Crippen molar-refractivity contribution in [3.8, 4) is 28.5 Å². The molecule has 30 heavy (non-hydrogen) atoms. The molecule has 156 valence electrons. The van der Waals surface area contributed by atoms with E-state index in [0.29, 0.717) is 6.54 Å². The third-order valence-corrected chi connectivity index (χ3v) is 5.14. The Morgan fingerprint density at radius 3 is 2.37 bits per heavy atom. The van der Waals surface area contributed by atoms with Crippen molar-refractivity contribution in [3.63, 3.8) is 0 Å². The molecule has 0 fully saturated rings. The van der Waals surface area contributed by atoms with Crippen LogP contribution in [0, 0.1) is 0 Å². The van der Waals surface area contributed by atoms with E-state index in [2.05, 4.69) is 11.6 Å². The molecule has 0 N–H and O–H groups in total. The molecule has 0 aliphatic heterocycles. The van der Waals surface area contributed by atoms with E-state index >= 15 is 0 Å². The van der Waals surface area contributed by atoms with Crippen LogP contribution in [-0.2, 0) is 0 Å². The zero-order valence-corrected chi connectivity index (χ0v) is 18.4. The SMILES string of the molecule is C=C(C)CN=c1scc(-c2cc(OC)ccc2OC)n1N=Cc1ccc(OC)cc1. The van der Waals surface area contributed by atoms with E-state index in [9.17, 15) is 0 Å². The minimum Gasteiger partial charge on any atom is -0.497 e. The molecule has 1 aromatic heterocycles. The van der Waals surface area contributed by atoms with Gasteiger partial charge in [0, 0.05) is 10.9 Å². The lowest BCUT2D eigenvalue weighted by molar-refractivity contribution is 0.404. The van der Waals surface area contributed by atoms with E-state index < -0.39 is 0 Å². The van der Waals surface area contributed by atoms with Gasteiger partial charge in [0.05, 0.1) is 39.8 Å². The van der Waals surface area contributed by atoms with Gasteiger partial charge in [-0.1, -0.05) is 12.2 Å². The van der Waals surface area contributed by atoms with Crippen molar-refractivity contribution in [2.24, 2.45) is 10.1 Å². The molecule has 0 bridgehead atoms. The number of ether oxygens (including phenoxy) is 3. The van der Waals surface area contributed by atoms with Crippen LogP contribution < -0.4 is 19.0 Å². The van der Waals surface area contributed by atoms with Gasteiger partial charge in [-0.3, -0.25) is 4.99 Å². The summed E-state index contributed by atoms with van der Waals surface area (Å²) in [5, 5.41) is 6.73. The summed E-state index contributed by atoms with van der Waals surface area (Å²) in [6, 6.07) is 13.4. The summed E-state index contributed by atoms with van der Waals surface area (Å²) < 4.78 is 18.0. The van der Waals surface area contributed by atoms with E-state index in [1.807, 2.05) is 59.4 Å². The second-order valence-electron chi connectivity index (χ2n) is 6.57. The first-order valence-electron chi connectivity index (χ1n) is 9.32. The molecule has 6 nitrogen and oxygen atoms in total. The molecule has 0 unspecified atom stereocenters. The standard InChI is InChI=1S/C23H25N3O3S/c1-16(2)13-24-23-26(25-14-17-6-8-18(27-3)9-7-17)21(15-30-23)20-12-19(28-4)10-11-22(20)29-5/h6-12,14-15H,1,13H2,2-5H3. The zero-order chi connectivity index (χ0) is 21.5. The van der Waals surface area contributed by atoms with Crippen LogP contribution in [0.15, 0.2) is 70.1 Å². The van der Waals surface area contributed by atoms with Crippen LogP contribution in [0.25, 0.3) is 11.3 Å². The monoisotopic (exact) mass is 423 g/mol. The summed E-state index contributed by atoms with van der Waals surface area (Å²) >= 11 is 1.51. The van der Waals surface area contributed by atoms with Gasteiger partial charge in [-0.15, -0.1) is 11.3 Å². The van der Waals surface area contributed by atoms with Crippen LogP contribution in [0.2, 0.25) is 0 Å². The molecule has 0 atom stereocenters. The first-order chi connectivity index (χ1) is 14.5. The van der Waals surface area contributed by atoms with E-state index in [-0.39, 0.29) is 0 Å². The Hall–Kier alpha value is -3.32. The molecular weight excluding hydrogens is 398 g/mol. The van der Waals surface area contributed by atoms with Crippen molar-refractivity contribution in [2.75, 3.05) is 27.9 Å². The maximum Gasteiger partial charge on any atom is 0.206 e. The van der Waals surface area contributed by atoms with Gasteiger partial charge < -0.3 is 14.2 Å². The molecule has 0 saturated heterocycles. The van der Waals surface area contributed by atoms with Crippen LogP contribution in [-0.4, -0.2) is 38.8 Å². The smallest absolute Gasteiger partial charge is 0.206 e. The predicted octanol–water partition coefficient (Wildman–Crippen LogP) is 4.60. The van der Waals surface area contributed by atoms with Gasteiger partial charge in [0.25, 0.3) is 0 Å². The summed E-state index contributed by atoms with van der Waals surface area (Å²) in [6.07, 6.45) is 1.79. The van der Waals surface area contributed by atoms with Crippen molar-refractivity contribution in [2.45, 2.75) is 6.92 Å². The van der Waals surface area contributed by atoms with Crippen molar-refractivity contribution >= 4 is 17.6 Å². The molecule has 1 heterocycles. The van der Waals surface area contributed by atoms with Gasteiger partial charge in [-0.25, -0.2) is 4.68 Å². The molecular formula is C23H25N3O3S. The maximum absolute atomic E-state index is 5.58. The molecule has 0 radical (unpaired) electrons. The number of benzene rings is 2. The van der Waals surface area contributed by atoms with Crippen LogP contribution in [0.1, 0.15) is 12.5 Å². The Balaban J connectivity index is 2.11. The highest BCUT2D eigenvalue weighted by atomic mass is 32.1. The first kappa shape index (κ1) is 21.4. The van der Waals surface area contributed by atoms with Gasteiger partial charge in [-0.2, -0.15) is 5.10 Å². The molecule has 2 aromatic carbocycles. The molecule has 3 aromatic rings. The topological polar surface area (TPSA) is 57.3 Å². The van der Waals surface area contributed by atoms with Gasteiger partial charge in [0.15, 0.2) is 0 Å². The first-order valence-corrected chi connectivity index (χ1v) is 10.2. The van der Waals surface area contributed by atoms with Crippen LogP contribution in [0.5, 0.6) is 17.2 Å². The fourth-order valence-electron chi connectivity index (χ4n) is 2.74. The molecule has 0 amide bonds. The Labute approximate surface area is 180 Å². The number of thiazole rings is 1. The summed E-state index contributed by atoms with van der Waals surface area (Å²) in [5.41, 5.74) is 3.66. The summed E-state index contributed by atoms with van der Waals surface area (Å²) in [7, 11) is 4.94. The van der Waals surface area contributed by atoms with Gasteiger partial charge in [0.1, 0.15) is 17.2 Å². The Morgan fingerprint density at radius 2 is 1.73 bits per heavy atom. The lowest BCUT2D eigenvalue weighted by Crippen LogP contribution is -2.13. The van der Waals surface area contributed by atoms with Gasteiger partial charge >= 0.3 is 0 Å². The average Bonchev–Trinajstić information content (AvgIpc) is 3.18. The van der Waals surface area contributed by atoms with Crippen LogP contribution in [0.4, 0.5) is 0 Å². The van der Waals surface area contributed by atoms with Gasteiger partial charge in [-0.05, 0) is 55.0 Å². The van der Waals surface area contributed by atoms with Crippen molar-refractivity contribution in [1.82, 2.24) is 4.68 Å². The van der Waals surface area contributed by atoms with E-state index in [4.69, 9.17) is 19.3 Å². The second-order valence-corrected chi connectivity index (χ2v) is 7.41. The number of nitrogens with zero attached hydrogens (tertiary/aromatic N) is 3. The quantitative estimate of drug-likeness (QED) is 0.393. The molecule has 7 heteroatoms. The molecule has 0 aliphatic carbocycles.